The van der Waals surface area contributed by atoms with E-state index in [9.17, 15) is 26.3 Å². The van der Waals surface area contributed by atoms with Crippen molar-refractivity contribution in [2.45, 2.75) is 70.8 Å². The molecule has 1 nitrogen and oxygen atoms in total. The molecule has 2 rings (SSSR count). The van der Waals surface area contributed by atoms with Gasteiger partial charge in [-0.2, -0.15) is 26.3 Å². The second kappa shape index (κ2) is 8.70. The zero-order valence-electron chi connectivity index (χ0n) is 17.3. The predicted molar refractivity (Wildman–Crippen MR) is 103 cm³/mol. The lowest BCUT2D eigenvalue weighted by Crippen LogP contribution is -2.45. The fourth-order valence-electron chi connectivity index (χ4n) is 3.99. The number of hydrogen-bond acceptors (Lipinski definition) is 1. The third kappa shape index (κ3) is 6.49. The van der Waals surface area contributed by atoms with Gasteiger partial charge in [0, 0.05) is 6.04 Å². The summed E-state index contributed by atoms with van der Waals surface area (Å²) in [6, 6.07) is 5.10. The van der Waals surface area contributed by atoms with Crippen molar-refractivity contribution in [3.05, 3.63) is 47.0 Å². The molecule has 29 heavy (non-hydrogen) atoms. The summed E-state index contributed by atoms with van der Waals surface area (Å²) in [5.41, 5.74) is 0.729. The van der Waals surface area contributed by atoms with Crippen molar-refractivity contribution in [3.63, 3.8) is 0 Å². The van der Waals surface area contributed by atoms with Gasteiger partial charge in [0.1, 0.15) is 0 Å². The van der Waals surface area contributed by atoms with Crippen LogP contribution in [-0.2, 0) is 11.6 Å². The largest absolute Gasteiger partial charge is 0.416 e. The minimum Gasteiger partial charge on any atom is -0.297 e. The Morgan fingerprint density at radius 3 is 1.86 bits per heavy atom. The Hall–Kier alpha value is -1.50. The molecule has 1 unspecified atom stereocenters. The topological polar surface area (TPSA) is 3.24 Å². The molecule has 0 amide bonds. The number of allylic oxidation sites excluding steroid dienone is 1. The van der Waals surface area contributed by atoms with Gasteiger partial charge in [0.05, 0.1) is 11.5 Å². The van der Waals surface area contributed by atoms with Crippen molar-refractivity contribution in [3.8, 4) is 0 Å². The van der Waals surface area contributed by atoms with Crippen LogP contribution in [0.15, 0.2) is 35.9 Å². The van der Waals surface area contributed by atoms with E-state index in [1.807, 2.05) is 27.7 Å². The second-order valence-corrected chi connectivity index (χ2v) is 8.83. The molecule has 0 spiro atoms. The van der Waals surface area contributed by atoms with Crippen LogP contribution in [0.5, 0.6) is 0 Å². The fourth-order valence-corrected chi connectivity index (χ4v) is 3.99. The molecule has 1 aromatic rings. The van der Waals surface area contributed by atoms with Gasteiger partial charge in [0.25, 0.3) is 0 Å². The number of rotatable bonds is 5. The first-order valence-corrected chi connectivity index (χ1v) is 9.83. The van der Waals surface area contributed by atoms with Gasteiger partial charge in [0.15, 0.2) is 0 Å². The number of nitrogens with zero attached hydrogens (tertiary/aromatic N) is 1. The minimum absolute atomic E-state index is 0.0634. The van der Waals surface area contributed by atoms with Gasteiger partial charge in [-0.3, -0.25) is 4.90 Å². The van der Waals surface area contributed by atoms with E-state index in [-0.39, 0.29) is 18.9 Å². The van der Waals surface area contributed by atoms with Gasteiger partial charge < -0.3 is 0 Å². The lowest BCUT2D eigenvalue weighted by Gasteiger charge is -2.40. The molecule has 164 valence electrons. The van der Waals surface area contributed by atoms with Gasteiger partial charge in [-0.15, -0.1) is 0 Å². The molecule has 0 saturated carbocycles. The van der Waals surface area contributed by atoms with E-state index in [2.05, 4.69) is 11.0 Å². The summed E-state index contributed by atoms with van der Waals surface area (Å²) in [5.74, 6) is -1.26. The van der Waals surface area contributed by atoms with E-state index >= 15 is 0 Å². The lowest BCUT2D eigenvalue weighted by atomic mass is 9.77. The maximum Gasteiger partial charge on any atom is 0.416 e. The summed E-state index contributed by atoms with van der Waals surface area (Å²) in [7, 11) is 0. The Kier molecular flexibility index (Phi) is 7.13. The van der Waals surface area contributed by atoms with Crippen LogP contribution in [0.2, 0.25) is 0 Å². The highest BCUT2D eigenvalue weighted by molar-refractivity contribution is 5.30. The van der Waals surface area contributed by atoms with E-state index < -0.39 is 29.2 Å². The molecule has 1 saturated heterocycles. The van der Waals surface area contributed by atoms with Crippen molar-refractivity contribution in [2.24, 2.45) is 5.92 Å². The summed E-state index contributed by atoms with van der Waals surface area (Å²) >= 11 is 0. The molecule has 0 bridgehead atoms. The SMILES string of the molecule is CC(C)=CC(CC(C)(C)c1ccc(C(F)(F)F)cc1)N1CCC(C(F)(F)F)CC1. The second-order valence-electron chi connectivity index (χ2n) is 8.83. The van der Waals surface area contributed by atoms with Crippen molar-refractivity contribution in [2.75, 3.05) is 13.1 Å². The maximum atomic E-state index is 13.0. The number of halogens is 6. The highest BCUT2D eigenvalue weighted by Crippen LogP contribution is 2.38. The van der Waals surface area contributed by atoms with Gasteiger partial charge in [-0.1, -0.05) is 37.6 Å². The number of hydrogen-bond donors (Lipinski definition) is 0. The van der Waals surface area contributed by atoms with Crippen molar-refractivity contribution in [1.29, 1.82) is 0 Å². The summed E-state index contributed by atoms with van der Waals surface area (Å²) in [6.07, 6.45) is -5.71. The van der Waals surface area contributed by atoms with Gasteiger partial charge in [-0.05, 0) is 69.3 Å². The molecule has 1 aliphatic rings. The van der Waals surface area contributed by atoms with Gasteiger partial charge >= 0.3 is 12.4 Å². The van der Waals surface area contributed by atoms with Crippen LogP contribution in [-0.4, -0.2) is 30.2 Å². The minimum atomic E-state index is -4.38. The number of benzene rings is 1. The van der Waals surface area contributed by atoms with Crippen LogP contribution in [0.3, 0.4) is 0 Å². The van der Waals surface area contributed by atoms with E-state index in [4.69, 9.17) is 0 Å². The van der Waals surface area contributed by atoms with Crippen LogP contribution in [0.1, 0.15) is 58.1 Å². The molecule has 1 fully saturated rings. The predicted octanol–water partition coefficient (Wildman–Crippen LogP) is 6.98. The first-order chi connectivity index (χ1) is 13.2. The van der Waals surface area contributed by atoms with Crippen LogP contribution in [0.25, 0.3) is 0 Å². The smallest absolute Gasteiger partial charge is 0.297 e. The molecule has 0 radical (unpaired) electrons. The molecular formula is C22H29F6N. The quantitative estimate of drug-likeness (QED) is 0.366. The van der Waals surface area contributed by atoms with E-state index in [1.165, 1.54) is 12.1 Å². The molecule has 1 aromatic carbocycles. The standard InChI is InChI=1S/C22H29F6N/c1-15(2)13-19(29-11-9-18(10-12-29)22(26,27)28)14-20(3,4)16-5-7-17(8-6-16)21(23,24)25/h5-8,13,18-19H,9-12,14H2,1-4H3. The Morgan fingerprint density at radius 2 is 1.45 bits per heavy atom. The molecule has 1 atom stereocenters. The molecule has 0 N–H and O–H groups in total. The highest BCUT2D eigenvalue weighted by Gasteiger charge is 2.42. The van der Waals surface area contributed by atoms with Crippen LogP contribution in [0.4, 0.5) is 26.3 Å². The number of likely N-dealkylation sites (tertiary alicyclic amines) is 1. The molecule has 7 heteroatoms. The Labute approximate surface area is 168 Å². The van der Waals surface area contributed by atoms with Crippen molar-refractivity contribution in [1.82, 2.24) is 4.90 Å². The summed E-state index contributed by atoms with van der Waals surface area (Å²) in [4.78, 5) is 2.07. The average molecular weight is 421 g/mol. The summed E-state index contributed by atoms with van der Waals surface area (Å²) < 4.78 is 77.4. The highest BCUT2D eigenvalue weighted by atomic mass is 19.4. The molecule has 1 heterocycles. The number of piperidine rings is 1. The summed E-state index contributed by atoms with van der Waals surface area (Å²) in [6.45, 7) is 8.54. The summed E-state index contributed by atoms with van der Waals surface area (Å²) in [5, 5.41) is 0. The fraction of sp³-hybridized carbons (Fsp3) is 0.636. The van der Waals surface area contributed by atoms with Crippen LogP contribution >= 0.6 is 0 Å². The third-order valence-electron chi connectivity index (χ3n) is 5.70. The normalized spacial score (nSPS) is 18.6. The van der Waals surface area contributed by atoms with Crippen molar-refractivity contribution < 1.29 is 26.3 Å². The van der Waals surface area contributed by atoms with Gasteiger partial charge in [-0.25, -0.2) is 0 Å². The lowest BCUT2D eigenvalue weighted by molar-refractivity contribution is -0.185. The number of alkyl halides is 6. The molecule has 1 aliphatic heterocycles. The Bertz CT molecular complexity index is 687. The third-order valence-corrected chi connectivity index (χ3v) is 5.70. The maximum absolute atomic E-state index is 13.0. The average Bonchev–Trinajstić information content (AvgIpc) is 2.59. The zero-order chi connectivity index (χ0) is 22.0. The van der Waals surface area contributed by atoms with Crippen LogP contribution in [0, 0.1) is 5.92 Å². The van der Waals surface area contributed by atoms with Gasteiger partial charge in [0.2, 0.25) is 0 Å². The molecule has 0 aromatic heterocycles. The van der Waals surface area contributed by atoms with E-state index in [0.717, 1.165) is 23.3 Å². The first-order valence-electron chi connectivity index (χ1n) is 9.83. The zero-order valence-corrected chi connectivity index (χ0v) is 17.3. The van der Waals surface area contributed by atoms with E-state index in [1.54, 1.807) is 0 Å². The Balaban J connectivity index is 2.16. The van der Waals surface area contributed by atoms with Crippen LogP contribution < -0.4 is 0 Å². The van der Waals surface area contributed by atoms with E-state index in [0.29, 0.717) is 19.5 Å². The first kappa shape index (κ1) is 23.8. The monoisotopic (exact) mass is 421 g/mol. The Morgan fingerprint density at radius 1 is 0.966 bits per heavy atom. The van der Waals surface area contributed by atoms with Crippen molar-refractivity contribution >= 4 is 0 Å². The molecule has 0 aliphatic carbocycles. The molecular weight excluding hydrogens is 392 g/mol.